The van der Waals surface area contributed by atoms with E-state index in [9.17, 15) is 23.2 Å². The summed E-state index contributed by atoms with van der Waals surface area (Å²) in [5.41, 5.74) is 6.42. The first-order valence-corrected chi connectivity index (χ1v) is 13.7. The van der Waals surface area contributed by atoms with Crippen LogP contribution in [0.15, 0.2) is 95.4 Å². The maximum Gasteiger partial charge on any atom is 0.328 e. The van der Waals surface area contributed by atoms with Gasteiger partial charge in [-0.2, -0.15) is 0 Å². The molecular weight excluding hydrogens is 556 g/mol. The van der Waals surface area contributed by atoms with E-state index in [1.165, 1.54) is 29.8 Å². The highest BCUT2D eigenvalue weighted by Crippen LogP contribution is 2.32. The Morgan fingerprint density at radius 2 is 1.40 bits per heavy atom. The molecular formula is C33H31F2N3O5. The van der Waals surface area contributed by atoms with Crippen LogP contribution in [0, 0.1) is 18.6 Å². The van der Waals surface area contributed by atoms with Gasteiger partial charge in [0.15, 0.2) is 0 Å². The summed E-state index contributed by atoms with van der Waals surface area (Å²) < 4.78 is 28.7. The number of nitrogens with zero attached hydrogens (tertiary/aromatic N) is 3. The Bertz CT molecular complexity index is 1660. The topological polar surface area (TPSA) is 112 Å². The number of pyridine rings is 1. The average molecular weight is 588 g/mol. The third kappa shape index (κ3) is 8.30. The number of aryl methyl sites for hydroxylation is 1. The first-order chi connectivity index (χ1) is 20.6. The third-order valence-electron chi connectivity index (χ3n) is 7.16. The van der Waals surface area contributed by atoms with Gasteiger partial charge in [0.1, 0.15) is 17.3 Å². The molecule has 2 N–H and O–H groups in total. The number of hydrogen-bond donors (Lipinski definition) is 2. The van der Waals surface area contributed by atoms with E-state index in [0.29, 0.717) is 24.2 Å². The molecule has 5 rings (SSSR count). The van der Waals surface area contributed by atoms with Gasteiger partial charge in [0.2, 0.25) is 0 Å². The van der Waals surface area contributed by atoms with Gasteiger partial charge in [-0.25, -0.2) is 23.4 Å². The number of carboxylic acids is 2. The third-order valence-corrected chi connectivity index (χ3v) is 7.16. The van der Waals surface area contributed by atoms with Crippen LogP contribution < -0.4 is 5.56 Å². The van der Waals surface area contributed by atoms with Crippen molar-refractivity contribution in [2.75, 3.05) is 19.6 Å². The van der Waals surface area contributed by atoms with E-state index in [4.69, 9.17) is 10.2 Å². The van der Waals surface area contributed by atoms with E-state index in [2.05, 4.69) is 9.88 Å². The Morgan fingerprint density at radius 1 is 0.860 bits per heavy atom. The van der Waals surface area contributed by atoms with Crippen LogP contribution in [0.1, 0.15) is 35.2 Å². The number of hydrogen-bond acceptors (Lipinski definition) is 5. The molecule has 10 heteroatoms. The lowest BCUT2D eigenvalue weighted by atomic mass is 9.88. The highest BCUT2D eigenvalue weighted by molar-refractivity contribution is 5.89. The second-order valence-electron chi connectivity index (χ2n) is 10.0. The smallest absolute Gasteiger partial charge is 0.328 e. The fraction of sp³-hybridized carbons (Fsp3) is 0.212. The molecule has 1 aliphatic heterocycles. The van der Waals surface area contributed by atoms with Crippen molar-refractivity contribution in [3.05, 3.63) is 135 Å². The number of carboxylic acid groups (broad SMARTS) is 2. The van der Waals surface area contributed by atoms with Gasteiger partial charge >= 0.3 is 11.9 Å². The van der Waals surface area contributed by atoms with Gasteiger partial charge in [0.05, 0.1) is 0 Å². The van der Waals surface area contributed by atoms with Gasteiger partial charge in [-0.3, -0.25) is 9.20 Å². The molecule has 0 radical (unpaired) electrons. The number of piperidine rings is 1. The van der Waals surface area contributed by atoms with Gasteiger partial charge < -0.3 is 15.1 Å². The Labute approximate surface area is 246 Å². The molecule has 0 amide bonds. The standard InChI is InChI=1S/C29H27F2N3O.C4H4O4/c1-20-26(29(35)34-16-3-2-4-27(34)32-20)15-19-33-17-13-23(14-18-33)28(21-5-9-24(30)10-6-21)22-7-11-25(31)12-8-22;5-3(6)1-2-4(7)8/h2-12,16H,13-15,17-19H2,1H3;1-2H,(H,5,6)(H,7,8). The molecule has 43 heavy (non-hydrogen) atoms. The largest absolute Gasteiger partial charge is 0.478 e. The van der Waals surface area contributed by atoms with E-state index >= 15 is 0 Å². The molecule has 222 valence electrons. The lowest BCUT2D eigenvalue weighted by molar-refractivity contribution is -0.134. The molecule has 1 saturated heterocycles. The number of carbonyl (C=O) groups is 2. The molecule has 0 unspecified atom stereocenters. The van der Waals surface area contributed by atoms with Crippen molar-refractivity contribution in [1.82, 2.24) is 14.3 Å². The van der Waals surface area contributed by atoms with E-state index in [1.807, 2.05) is 25.1 Å². The molecule has 0 atom stereocenters. The summed E-state index contributed by atoms with van der Waals surface area (Å²) in [6, 6.07) is 18.6. The maximum absolute atomic E-state index is 13.6. The van der Waals surface area contributed by atoms with Crippen LogP contribution in [0.3, 0.4) is 0 Å². The molecule has 1 fully saturated rings. The molecule has 0 spiro atoms. The van der Waals surface area contributed by atoms with E-state index in [-0.39, 0.29) is 17.2 Å². The van der Waals surface area contributed by atoms with Crippen LogP contribution in [0.25, 0.3) is 11.2 Å². The number of aliphatic carboxylic acids is 2. The summed E-state index contributed by atoms with van der Waals surface area (Å²) in [4.78, 5) is 39.0. The number of likely N-dealkylation sites (tertiary alicyclic amines) is 1. The van der Waals surface area contributed by atoms with Crippen LogP contribution >= 0.6 is 0 Å². The Morgan fingerprint density at radius 3 is 1.91 bits per heavy atom. The lowest BCUT2D eigenvalue weighted by Crippen LogP contribution is -2.34. The first-order valence-electron chi connectivity index (χ1n) is 13.7. The fourth-order valence-corrected chi connectivity index (χ4v) is 5.04. The average Bonchev–Trinajstić information content (AvgIpc) is 2.99. The van der Waals surface area contributed by atoms with Crippen LogP contribution in [0.4, 0.5) is 8.78 Å². The molecule has 8 nitrogen and oxygen atoms in total. The van der Waals surface area contributed by atoms with Gasteiger partial charge in [-0.15, -0.1) is 0 Å². The Kier molecular flexibility index (Phi) is 10.3. The van der Waals surface area contributed by atoms with E-state index < -0.39 is 11.9 Å². The highest BCUT2D eigenvalue weighted by Gasteiger charge is 2.20. The zero-order valence-corrected chi connectivity index (χ0v) is 23.5. The molecule has 1 aliphatic rings. The van der Waals surface area contributed by atoms with Gasteiger partial charge in [0.25, 0.3) is 5.56 Å². The molecule has 4 aromatic rings. The molecule has 0 bridgehead atoms. The Balaban J connectivity index is 0.000000467. The summed E-state index contributed by atoms with van der Waals surface area (Å²) in [5, 5.41) is 15.6. The molecule has 2 aromatic carbocycles. The maximum atomic E-state index is 13.6. The lowest BCUT2D eigenvalue weighted by Gasteiger charge is -2.30. The normalized spacial score (nSPS) is 13.5. The summed E-state index contributed by atoms with van der Waals surface area (Å²) in [6.45, 7) is 4.41. The van der Waals surface area contributed by atoms with Crippen molar-refractivity contribution in [2.24, 2.45) is 0 Å². The first kappa shape index (κ1) is 31.0. The van der Waals surface area contributed by atoms with Crippen molar-refractivity contribution in [2.45, 2.75) is 26.2 Å². The molecule has 0 aliphatic carbocycles. The van der Waals surface area contributed by atoms with Gasteiger partial charge in [0, 0.05) is 49.2 Å². The zero-order valence-electron chi connectivity index (χ0n) is 23.5. The van der Waals surface area contributed by atoms with Gasteiger partial charge in [-0.1, -0.05) is 35.9 Å². The van der Waals surface area contributed by atoms with Crippen molar-refractivity contribution >= 4 is 23.2 Å². The summed E-state index contributed by atoms with van der Waals surface area (Å²) in [6.07, 6.45) is 5.25. The number of halogens is 2. The summed E-state index contributed by atoms with van der Waals surface area (Å²) >= 11 is 0. The van der Waals surface area contributed by atoms with Crippen molar-refractivity contribution in [3.63, 3.8) is 0 Å². The van der Waals surface area contributed by atoms with Crippen molar-refractivity contribution in [3.8, 4) is 0 Å². The van der Waals surface area contributed by atoms with Crippen LogP contribution in [-0.4, -0.2) is 56.1 Å². The number of fused-ring (bicyclic) bond motifs is 1. The van der Waals surface area contributed by atoms with Crippen molar-refractivity contribution in [1.29, 1.82) is 0 Å². The van der Waals surface area contributed by atoms with Crippen LogP contribution in [0.5, 0.6) is 0 Å². The number of aromatic nitrogens is 2. The monoisotopic (exact) mass is 587 g/mol. The van der Waals surface area contributed by atoms with Crippen LogP contribution in [0.2, 0.25) is 0 Å². The number of benzene rings is 2. The molecule has 2 aromatic heterocycles. The minimum absolute atomic E-state index is 0.000556. The molecule has 3 heterocycles. The second-order valence-corrected chi connectivity index (χ2v) is 10.0. The van der Waals surface area contributed by atoms with E-state index in [1.54, 1.807) is 34.9 Å². The minimum Gasteiger partial charge on any atom is -0.478 e. The summed E-state index contributed by atoms with van der Waals surface area (Å²) in [5.74, 6) is -3.07. The predicted octanol–water partition coefficient (Wildman–Crippen LogP) is 5.13. The fourth-order valence-electron chi connectivity index (χ4n) is 5.04. The zero-order chi connectivity index (χ0) is 30.9. The predicted molar refractivity (Wildman–Crippen MR) is 159 cm³/mol. The summed E-state index contributed by atoms with van der Waals surface area (Å²) in [7, 11) is 0. The molecule has 0 saturated carbocycles. The van der Waals surface area contributed by atoms with Gasteiger partial charge in [-0.05, 0) is 79.3 Å². The second kappa shape index (κ2) is 14.3. The quantitative estimate of drug-likeness (QED) is 0.288. The van der Waals surface area contributed by atoms with E-state index in [0.717, 1.165) is 60.4 Å². The minimum atomic E-state index is -1.26. The van der Waals surface area contributed by atoms with Crippen molar-refractivity contribution < 1.29 is 28.6 Å². The number of rotatable bonds is 7. The van der Waals surface area contributed by atoms with Crippen LogP contribution in [-0.2, 0) is 16.0 Å². The Hall–Kier alpha value is -4.96. The SMILES string of the molecule is Cc1nc2ccccn2c(=O)c1CCN1CCC(=C(c2ccc(F)cc2)c2ccc(F)cc2)CC1.O=C(O)C=CC(=O)O. The highest BCUT2D eigenvalue weighted by atomic mass is 19.1.